The van der Waals surface area contributed by atoms with Gasteiger partial charge in [-0.2, -0.15) is 0 Å². The van der Waals surface area contributed by atoms with Crippen molar-refractivity contribution in [1.29, 1.82) is 0 Å². The maximum Gasteiger partial charge on any atom is 0.261 e. The zero-order valence-electron chi connectivity index (χ0n) is 13.4. The second-order valence-electron chi connectivity index (χ2n) is 5.54. The third-order valence-corrected chi connectivity index (χ3v) is 4.84. The molecule has 2 aromatic heterocycles. The Kier molecular flexibility index (Phi) is 5.43. The van der Waals surface area contributed by atoms with Crippen molar-refractivity contribution in [2.75, 3.05) is 37.6 Å². The summed E-state index contributed by atoms with van der Waals surface area (Å²) in [7, 11) is 0. The minimum atomic E-state index is -0.113. The highest BCUT2D eigenvalue weighted by Gasteiger charge is 2.21. The summed E-state index contributed by atoms with van der Waals surface area (Å²) >= 11 is 1.40. The van der Waals surface area contributed by atoms with E-state index in [1.54, 1.807) is 12.3 Å². The van der Waals surface area contributed by atoms with Gasteiger partial charge in [-0.25, -0.2) is 4.98 Å². The van der Waals surface area contributed by atoms with Crippen molar-refractivity contribution in [2.24, 2.45) is 0 Å². The first-order chi connectivity index (χ1) is 11.7. The molecule has 1 fully saturated rings. The lowest BCUT2D eigenvalue weighted by Crippen LogP contribution is -2.49. The predicted molar refractivity (Wildman–Crippen MR) is 94.3 cm³/mol. The van der Waals surface area contributed by atoms with Crippen LogP contribution < -0.4 is 10.2 Å². The first kappa shape index (κ1) is 16.4. The molecule has 0 saturated carbocycles. The topological polar surface area (TPSA) is 65.5 Å². The zero-order valence-corrected chi connectivity index (χ0v) is 14.2. The van der Waals surface area contributed by atoms with Crippen molar-refractivity contribution in [3.05, 3.63) is 46.8 Å². The van der Waals surface area contributed by atoms with Crippen LogP contribution >= 0.6 is 11.3 Å². The maximum atomic E-state index is 12.3. The van der Waals surface area contributed by atoms with Crippen LogP contribution in [0.2, 0.25) is 0 Å². The third-order valence-electron chi connectivity index (χ3n) is 3.98. The maximum absolute atomic E-state index is 12.3. The summed E-state index contributed by atoms with van der Waals surface area (Å²) in [5.41, 5.74) is 0. The average Bonchev–Trinajstić information content (AvgIpc) is 3.17. The number of nitrogens with one attached hydrogen (secondary N) is 1. The van der Waals surface area contributed by atoms with Crippen LogP contribution in [0.5, 0.6) is 0 Å². The number of rotatable bonds is 5. The number of amides is 2. The SMILES string of the molecule is O=C(NCCC(=O)N1CCN(c2ccccn2)CC1)c1cccs1. The highest BCUT2D eigenvalue weighted by Crippen LogP contribution is 2.13. The number of pyridine rings is 1. The van der Waals surface area contributed by atoms with Crippen LogP contribution in [0.1, 0.15) is 16.1 Å². The molecule has 24 heavy (non-hydrogen) atoms. The van der Waals surface area contributed by atoms with Gasteiger partial charge in [0.25, 0.3) is 5.91 Å². The van der Waals surface area contributed by atoms with Gasteiger partial charge in [-0.05, 0) is 23.6 Å². The molecule has 0 radical (unpaired) electrons. The molecule has 1 N–H and O–H groups in total. The van der Waals surface area contributed by atoms with Crippen LogP contribution in [-0.2, 0) is 4.79 Å². The molecule has 0 atom stereocenters. The Bertz CT molecular complexity index is 667. The summed E-state index contributed by atoms with van der Waals surface area (Å²) in [6.07, 6.45) is 2.11. The molecule has 0 unspecified atom stereocenters. The van der Waals surface area contributed by atoms with E-state index in [9.17, 15) is 9.59 Å². The molecule has 0 spiro atoms. The molecule has 3 heterocycles. The molecule has 126 valence electrons. The number of thiophene rings is 1. The van der Waals surface area contributed by atoms with E-state index >= 15 is 0 Å². The van der Waals surface area contributed by atoms with E-state index in [4.69, 9.17) is 0 Å². The molecule has 1 aliphatic heterocycles. The molecule has 2 amide bonds. The van der Waals surface area contributed by atoms with E-state index in [-0.39, 0.29) is 11.8 Å². The van der Waals surface area contributed by atoms with Crippen LogP contribution in [0.4, 0.5) is 5.82 Å². The van der Waals surface area contributed by atoms with Gasteiger partial charge in [-0.15, -0.1) is 11.3 Å². The Balaban J connectivity index is 1.40. The standard InChI is InChI=1S/C17H20N4O2S/c22-16(6-8-19-17(23)14-4-3-13-24-14)21-11-9-20(10-12-21)15-5-1-2-7-18-15/h1-5,7,13H,6,8-12H2,(H,19,23). The average molecular weight is 344 g/mol. The number of carbonyl (C=O) groups is 2. The fourth-order valence-electron chi connectivity index (χ4n) is 2.66. The molecule has 0 aliphatic carbocycles. The van der Waals surface area contributed by atoms with Gasteiger partial charge < -0.3 is 15.1 Å². The van der Waals surface area contributed by atoms with Crippen molar-refractivity contribution >= 4 is 29.0 Å². The summed E-state index contributed by atoms with van der Waals surface area (Å²) in [5, 5.41) is 4.66. The highest BCUT2D eigenvalue weighted by molar-refractivity contribution is 7.12. The Labute approximate surface area is 145 Å². The normalized spacial score (nSPS) is 14.5. The van der Waals surface area contributed by atoms with Crippen LogP contribution in [0.3, 0.4) is 0 Å². The van der Waals surface area contributed by atoms with Gasteiger partial charge in [0.05, 0.1) is 4.88 Å². The Hall–Kier alpha value is -2.41. The van der Waals surface area contributed by atoms with Crippen molar-refractivity contribution in [2.45, 2.75) is 6.42 Å². The van der Waals surface area contributed by atoms with Gasteiger partial charge >= 0.3 is 0 Å². The molecule has 0 aromatic carbocycles. The van der Waals surface area contributed by atoms with E-state index in [0.29, 0.717) is 30.9 Å². The van der Waals surface area contributed by atoms with Crippen molar-refractivity contribution < 1.29 is 9.59 Å². The fraction of sp³-hybridized carbons (Fsp3) is 0.353. The summed E-state index contributed by atoms with van der Waals surface area (Å²) < 4.78 is 0. The molecule has 0 bridgehead atoms. The van der Waals surface area contributed by atoms with E-state index in [1.807, 2.05) is 34.5 Å². The lowest BCUT2D eigenvalue weighted by atomic mass is 10.2. The molecule has 1 saturated heterocycles. The number of hydrogen-bond acceptors (Lipinski definition) is 5. The van der Waals surface area contributed by atoms with Gasteiger partial charge in [0.1, 0.15) is 5.82 Å². The molecule has 3 rings (SSSR count). The monoisotopic (exact) mass is 344 g/mol. The number of carbonyl (C=O) groups excluding carboxylic acids is 2. The third kappa shape index (κ3) is 4.11. The van der Waals surface area contributed by atoms with Gasteiger partial charge in [-0.1, -0.05) is 12.1 Å². The van der Waals surface area contributed by atoms with Crippen LogP contribution in [0.25, 0.3) is 0 Å². The summed E-state index contributed by atoms with van der Waals surface area (Å²) in [5.74, 6) is 0.924. The predicted octanol–water partition coefficient (Wildman–Crippen LogP) is 1.61. The van der Waals surface area contributed by atoms with Crippen LogP contribution in [-0.4, -0.2) is 54.4 Å². The minimum Gasteiger partial charge on any atom is -0.353 e. The zero-order chi connectivity index (χ0) is 16.8. The molecular formula is C17H20N4O2S. The first-order valence-corrected chi connectivity index (χ1v) is 8.87. The van der Waals surface area contributed by atoms with Gasteiger partial charge in [0.15, 0.2) is 0 Å². The Morgan fingerprint density at radius 1 is 1.12 bits per heavy atom. The molecule has 1 aliphatic rings. The number of nitrogens with zero attached hydrogens (tertiary/aromatic N) is 3. The van der Waals surface area contributed by atoms with E-state index < -0.39 is 0 Å². The second-order valence-corrected chi connectivity index (χ2v) is 6.49. The lowest BCUT2D eigenvalue weighted by molar-refractivity contribution is -0.131. The first-order valence-electron chi connectivity index (χ1n) is 7.99. The van der Waals surface area contributed by atoms with Crippen LogP contribution in [0.15, 0.2) is 41.9 Å². The number of hydrogen-bond donors (Lipinski definition) is 1. The Morgan fingerprint density at radius 3 is 2.62 bits per heavy atom. The number of aromatic nitrogens is 1. The Morgan fingerprint density at radius 2 is 1.96 bits per heavy atom. The van der Waals surface area contributed by atoms with E-state index in [0.717, 1.165) is 18.9 Å². The lowest BCUT2D eigenvalue weighted by Gasteiger charge is -2.35. The summed E-state index contributed by atoms with van der Waals surface area (Å²) in [4.78, 5) is 33.1. The van der Waals surface area contributed by atoms with Gasteiger partial charge in [0, 0.05) is 45.3 Å². The fourth-order valence-corrected chi connectivity index (χ4v) is 3.30. The van der Waals surface area contributed by atoms with E-state index in [2.05, 4.69) is 15.2 Å². The molecule has 6 nitrogen and oxygen atoms in total. The van der Waals surface area contributed by atoms with Crippen molar-refractivity contribution in [3.8, 4) is 0 Å². The number of piperazine rings is 1. The highest BCUT2D eigenvalue weighted by atomic mass is 32.1. The smallest absolute Gasteiger partial charge is 0.261 e. The summed E-state index contributed by atoms with van der Waals surface area (Å²) in [6, 6.07) is 9.46. The van der Waals surface area contributed by atoms with Crippen molar-refractivity contribution in [3.63, 3.8) is 0 Å². The van der Waals surface area contributed by atoms with E-state index in [1.165, 1.54) is 11.3 Å². The van der Waals surface area contributed by atoms with Gasteiger partial charge in [-0.3, -0.25) is 9.59 Å². The second kappa shape index (κ2) is 7.92. The van der Waals surface area contributed by atoms with Gasteiger partial charge in [0.2, 0.25) is 5.91 Å². The largest absolute Gasteiger partial charge is 0.353 e. The molecule has 2 aromatic rings. The molecule has 7 heteroatoms. The summed E-state index contributed by atoms with van der Waals surface area (Å²) in [6.45, 7) is 3.31. The van der Waals surface area contributed by atoms with Crippen molar-refractivity contribution in [1.82, 2.24) is 15.2 Å². The molecular weight excluding hydrogens is 324 g/mol. The minimum absolute atomic E-state index is 0.0853. The number of anilines is 1. The quantitative estimate of drug-likeness (QED) is 0.895. The van der Waals surface area contributed by atoms with Crippen LogP contribution in [0, 0.1) is 0 Å².